The summed E-state index contributed by atoms with van der Waals surface area (Å²) in [6.45, 7) is 1.57. The van der Waals surface area contributed by atoms with E-state index in [2.05, 4.69) is 14.9 Å². The second-order valence-corrected chi connectivity index (χ2v) is 8.08. The van der Waals surface area contributed by atoms with E-state index in [1.807, 2.05) is 6.07 Å². The van der Waals surface area contributed by atoms with Crippen molar-refractivity contribution in [2.24, 2.45) is 5.92 Å². The Kier molecular flexibility index (Phi) is 5.14. The highest BCUT2D eigenvalue weighted by atomic mass is 35.5. The third-order valence-electron chi connectivity index (χ3n) is 5.62. The lowest BCUT2D eigenvalue weighted by Gasteiger charge is -2.30. The molecular formula is C23H19ClN4O4. The van der Waals surface area contributed by atoms with Crippen molar-refractivity contribution in [3.05, 3.63) is 57.8 Å². The molecule has 8 nitrogen and oxygen atoms in total. The average molecular weight is 451 g/mol. The molecule has 2 N–H and O–H groups in total. The highest BCUT2D eigenvalue weighted by molar-refractivity contribution is 6.35. The van der Waals surface area contributed by atoms with Crippen molar-refractivity contribution in [3.63, 3.8) is 0 Å². The predicted octanol–water partition coefficient (Wildman–Crippen LogP) is 4.18. The fourth-order valence-electron chi connectivity index (χ4n) is 3.87. The van der Waals surface area contributed by atoms with E-state index in [9.17, 15) is 9.59 Å². The van der Waals surface area contributed by atoms with Crippen LogP contribution in [0.1, 0.15) is 12.8 Å². The molecule has 5 rings (SSSR count). The van der Waals surface area contributed by atoms with Crippen molar-refractivity contribution in [2.45, 2.75) is 12.8 Å². The van der Waals surface area contributed by atoms with Crippen LogP contribution >= 0.6 is 11.6 Å². The van der Waals surface area contributed by atoms with Gasteiger partial charge in [-0.15, -0.1) is 0 Å². The number of aldehydes is 1. The number of pyridine rings is 2. The molecule has 1 aliphatic heterocycles. The van der Waals surface area contributed by atoms with Crippen molar-refractivity contribution in [3.8, 4) is 11.5 Å². The summed E-state index contributed by atoms with van der Waals surface area (Å²) in [6.07, 6.45) is 4.28. The number of carbonyl (C=O) groups is 1. The maximum atomic E-state index is 12.8. The molecular weight excluding hydrogens is 432 g/mol. The van der Waals surface area contributed by atoms with Crippen LogP contribution in [0, 0.1) is 5.92 Å². The first-order chi connectivity index (χ1) is 15.5. The van der Waals surface area contributed by atoms with Crippen LogP contribution in [-0.4, -0.2) is 29.3 Å². The average Bonchev–Trinajstić information content (AvgIpc) is 2.81. The largest absolute Gasteiger partial charge is 0.454 e. The Morgan fingerprint density at radius 3 is 2.72 bits per heavy atom. The molecule has 0 atom stereocenters. The Balaban J connectivity index is 1.43. The highest BCUT2D eigenvalue weighted by Crippen LogP contribution is 2.32. The maximum absolute atomic E-state index is 12.8. The lowest BCUT2D eigenvalue weighted by atomic mass is 9.99. The molecule has 0 bridgehead atoms. The number of nitrogens with zero attached hydrogens (tertiary/aromatic N) is 3. The molecule has 0 unspecified atom stereocenters. The second kappa shape index (κ2) is 8.12. The maximum Gasteiger partial charge on any atom is 0.220 e. The molecule has 4 heterocycles. The number of fused-ring (bicyclic) bond motifs is 2. The van der Waals surface area contributed by atoms with Gasteiger partial charge in [-0.3, -0.25) is 4.79 Å². The van der Waals surface area contributed by atoms with Crippen LogP contribution in [0.15, 0.2) is 51.8 Å². The topological polar surface area (TPSA) is 112 Å². The number of carbonyl (C=O) groups excluding carboxylic acids is 1. The minimum atomic E-state index is -0.352. The molecule has 4 aromatic rings. The molecule has 9 heteroatoms. The molecule has 1 aliphatic rings. The third kappa shape index (κ3) is 3.62. The van der Waals surface area contributed by atoms with E-state index in [0.717, 1.165) is 38.0 Å². The standard InChI is InChI=1S/C23H19ClN4O4/c24-15-2-1-3-16-20(15)22(30)21-17(32-16)10-18(23(25)27-21)31-14-4-5-19(26-11-14)28-8-6-13(12-29)7-9-28/h1-5,10-13H,6-9H2,(H2,25,27). The van der Waals surface area contributed by atoms with Crippen LogP contribution in [0.25, 0.3) is 22.1 Å². The number of hydrogen-bond acceptors (Lipinski definition) is 8. The Hall–Kier alpha value is -3.65. The van der Waals surface area contributed by atoms with Gasteiger partial charge in [0.25, 0.3) is 0 Å². The Morgan fingerprint density at radius 1 is 1.19 bits per heavy atom. The van der Waals surface area contributed by atoms with Crippen molar-refractivity contribution in [2.75, 3.05) is 23.7 Å². The zero-order valence-corrected chi connectivity index (χ0v) is 17.7. The van der Waals surface area contributed by atoms with Crippen molar-refractivity contribution >= 4 is 51.6 Å². The van der Waals surface area contributed by atoms with E-state index in [4.69, 9.17) is 26.5 Å². The minimum absolute atomic E-state index is 0.0521. The van der Waals surface area contributed by atoms with Gasteiger partial charge in [-0.1, -0.05) is 17.7 Å². The van der Waals surface area contributed by atoms with E-state index in [0.29, 0.717) is 16.4 Å². The summed E-state index contributed by atoms with van der Waals surface area (Å²) in [4.78, 5) is 34.6. The number of nitrogens with two attached hydrogens (primary N) is 1. The molecule has 0 aliphatic carbocycles. The normalized spacial score (nSPS) is 14.7. The minimum Gasteiger partial charge on any atom is -0.454 e. The van der Waals surface area contributed by atoms with Gasteiger partial charge in [-0.25, -0.2) is 9.97 Å². The fraction of sp³-hybridized carbons (Fsp3) is 0.217. The molecule has 0 radical (unpaired) electrons. The smallest absolute Gasteiger partial charge is 0.220 e. The molecule has 32 heavy (non-hydrogen) atoms. The monoisotopic (exact) mass is 450 g/mol. The van der Waals surface area contributed by atoms with E-state index >= 15 is 0 Å². The second-order valence-electron chi connectivity index (χ2n) is 7.68. The molecule has 162 valence electrons. The third-order valence-corrected chi connectivity index (χ3v) is 5.94. The lowest BCUT2D eigenvalue weighted by Crippen LogP contribution is -2.34. The van der Waals surface area contributed by atoms with Gasteiger partial charge in [0, 0.05) is 25.1 Å². The van der Waals surface area contributed by atoms with Crippen LogP contribution in [0.2, 0.25) is 5.02 Å². The van der Waals surface area contributed by atoms with Gasteiger partial charge in [-0.2, -0.15) is 0 Å². The van der Waals surface area contributed by atoms with Crippen LogP contribution in [0.4, 0.5) is 11.6 Å². The Bertz CT molecular complexity index is 1380. The summed E-state index contributed by atoms with van der Waals surface area (Å²) in [5, 5.41) is 0.555. The van der Waals surface area contributed by atoms with E-state index in [1.165, 1.54) is 6.07 Å². The summed E-state index contributed by atoms with van der Waals surface area (Å²) in [7, 11) is 0. The predicted molar refractivity (Wildman–Crippen MR) is 123 cm³/mol. The Labute approximate surface area is 187 Å². The van der Waals surface area contributed by atoms with Gasteiger partial charge in [0.1, 0.15) is 23.4 Å². The van der Waals surface area contributed by atoms with Gasteiger partial charge < -0.3 is 24.6 Å². The fourth-order valence-corrected chi connectivity index (χ4v) is 4.12. The Morgan fingerprint density at radius 2 is 2.00 bits per heavy atom. The van der Waals surface area contributed by atoms with Crippen LogP contribution in [-0.2, 0) is 4.79 Å². The summed E-state index contributed by atoms with van der Waals surface area (Å²) in [6, 6.07) is 10.2. The molecule has 1 saturated heterocycles. The van der Waals surface area contributed by atoms with Gasteiger partial charge in [0.15, 0.2) is 22.7 Å². The molecule has 1 fully saturated rings. The number of hydrogen-bond donors (Lipinski definition) is 1. The number of anilines is 2. The quantitative estimate of drug-likeness (QED) is 0.364. The number of halogens is 1. The lowest BCUT2D eigenvalue weighted by molar-refractivity contribution is -0.111. The number of aromatic nitrogens is 2. The van der Waals surface area contributed by atoms with Crippen LogP contribution in [0.5, 0.6) is 11.5 Å². The number of ether oxygens (including phenoxy) is 1. The highest BCUT2D eigenvalue weighted by Gasteiger charge is 2.20. The van der Waals surface area contributed by atoms with Gasteiger partial charge in [0.2, 0.25) is 5.43 Å². The zero-order valence-electron chi connectivity index (χ0n) is 17.0. The summed E-state index contributed by atoms with van der Waals surface area (Å²) in [5.74, 6) is 1.72. The van der Waals surface area contributed by atoms with Crippen LogP contribution < -0.4 is 20.8 Å². The number of benzene rings is 1. The first-order valence-corrected chi connectivity index (χ1v) is 10.6. The number of nitrogen functional groups attached to an aromatic ring is 1. The van der Waals surface area contributed by atoms with Crippen LogP contribution in [0.3, 0.4) is 0 Å². The molecule has 0 spiro atoms. The zero-order chi connectivity index (χ0) is 22.2. The molecule has 0 amide bonds. The number of rotatable bonds is 4. The first kappa shape index (κ1) is 20.3. The SMILES string of the molecule is Nc1nc2c(=O)c3c(Cl)cccc3oc2cc1Oc1ccc(N2CCC(C=O)CC2)nc1. The molecule has 3 aromatic heterocycles. The summed E-state index contributed by atoms with van der Waals surface area (Å²) >= 11 is 6.15. The summed E-state index contributed by atoms with van der Waals surface area (Å²) in [5.41, 5.74) is 6.39. The van der Waals surface area contributed by atoms with E-state index < -0.39 is 0 Å². The van der Waals surface area contributed by atoms with Crippen molar-refractivity contribution in [1.29, 1.82) is 0 Å². The van der Waals surface area contributed by atoms with Gasteiger partial charge in [0.05, 0.1) is 16.6 Å². The van der Waals surface area contributed by atoms with Gasteiger partial charge in [-0.05, 0) is 37.1 Å². The first-order valence-electron chi connectivity index (χ1n) is 10.2. The molecule has 0 saturated carbocycles. The summed E-state index contributed by atoms with van der Waals surface area (Å²) < 4.78 is 11.7. The van der Waals surface area contributed by atoms with Crippen molar-refractivity contribution < 1.29 is 13.9 Å². The van der Waals surface area contributed by atoms with E-state index in [1.54, 1.807) is 30.5 Å². The van der Waals surface area contributed by atoms with Gasteiger partial charge >= 0.3 is 0 Å². The van der Waals surface area contributed by atoms with Crippen molar-refractivity contribution in [1.82, 2.24) is 9.97 Å². The molecule has 1 aromatic carbocycles. The number of piperidine rings is 1. The van der Waals surface area contributed by atoms with E-state index in [-0.39, 0.29) is 39.4 Å².